The summed E-state index contributed by atoms with van der Waals surface area (Å²) in [4.78, 5) is 31.3. The Bertz CT molecular complexity index is 1350. The highest BCUT2D eigenvalue weighted by atomic mass is 19.3. The third-order valence-corrected chi connectivity index (χ3v) is 5.57. The number of rotatable bonds is 7. The topological polar surface area (TPSA) is 68.1 Å². The third-order valence-electron chi connectivity index (χ3n) is 5.57. The average Bonchev–Trinajstić information content (AvgIpc) is 3.12. The minimum atomic E-state index is -2.67. The summed E-state index contributed by atoms with van der Waals surface area (Å²) in [6, 6.07) is 12.8. The largest absolute Gasteiger partial charge is 0.305 e. The molecular formula is C25H21F3N4O2. The van der Waals surface area contributed by atoms with Gasteiger partial charge in [0.1, 0.15) is 11.5 Å². The average molecular weight is 466 g/mol. The highest BCUT2D eigenvalue weighted by Gasteiger charge is 2.25. The van der Waals surface area contributed by atoms with Gasteiger partial charge in [-0.3, -0.25) is 19.3 Å². The molecule has 0 aliphatic heterocycles. The van der Waals surface area contributed by atoms with Crippen molar-refractivity contribution >= 4 is 28.3 Å². The summed E-state index contributed by atoms with van der Waals surface area (Å²) in [6.45, 7) is 1.95. The smallest absolute Gasteiger partial charge is 0.299 e. The lowest BCUT2D eigenvalue weighted by Crippen LogP contribution is -2.38. The summed E-state index contributed by atoms with van der Waals surface area (Å²) >= 11 is 0. The molecule has 0 saturated heterocycles. The van der Waals surface area contributed by atoms with Crippen molar-refractivity contribution in [2.24, 2.45) is 7.05 Å². The van der Waals surface area contributed by atoms with Gasteiger partial charge < -0.3 is 4.90 Å². The Labute approximate surface area is 193 Å². The van der Waals surface area contributed by atoms with Crippen molar-refractivity contribution in [3.63, 3.8) is 0 Å². The number of anilines is 1. The molecule has 0 spiro atoms. The predicted octanol–water partition coefficient (Wildman–Crippen LogP) is 4.81. The maximum Gasteiger partial charge on any atom is 0.299 e. The Hall–Kier alpha value is -4.01. The van der Waals surface area contributed by atoms with E-state index in [0.717, 1.165) is 28.7 Å². The molecule has 2 heterocycles. The van der Waals surface area contributed by atoms with E-state index in [9.17, 15) is 22.8 Å². The van der Waals surface area contributed by atoms with Crippen molar-refractivity contribution in [1.29, 1.82) is 0 Å². The number of nitrogens with zero attached hydrogens (tertiary/aromatic N) is 4. The number of benzene rings is 2. The Balaban J connectivity index is 1.66. The number of halogens is 3. The zero-order valence-corrected chi connectivity index (χ0v) is 18.5. The second kappa shape index (κ2) is 9.46. The van der Waals surface area contributed by atoms with Crippen LogP contribution in [0.3, 0.4) is 0 Å². The van der Waals surface area contributed by atoms with Crippen LogP contribution in [0.2, 0.25) is 0 Å². The van der Waals surface area contributed by atoms with Crippen LogP contribution in [0.25, 0.3) is 10.9 Å². The molecule has 174 valence electrons. The van der Waals surface area contributed by atoms with Gasteiger partial charge in [0, 0.05) is 36.4 Å². The number of amides is 1. The standard InChI is InChI=1S/C25H21F3N4O2/c1-15-20-13-19(8-10-22(20)31(2)30-15)32(12-11-16-3-9-21(24(27)28)29-14-16)25(34)23(33)17-4-6-18(26)7-5-17/h3-10,13-14,24H,11-12H2,1-2H3. The first-order valence-electron chi connectivity index (χ1n) is 10.5. The van der Waals surface area contributed by atoms with E-state index in [1.807, 2.05) is 20.0 Å². The van der Waals surface area contributed by atoms with E-state index >= 15 is 0 Å². The van der Waals surface area contributed by atoms with Gasteiger partial charge in [-0.1, -0.05) is 6.07 Å². The van der Waals surface area contributed by atoms with E-state index in [1.165, 1.54) is 35.4 Å². The van der Waals surface area contributed by atoms with Gasteiger partial charge in [-0.25, -0.2) is 13.2 Å². The fraction of sp³-hybridized carbons (Fsp3) is 0.200. The third kappa shape index (κ3) is 4.68. The molecule has 0 N–H and O–H groups in total. The molecule has 0 unspecified atom stereocenters. The molecule has 0 aliphatic rings. The molecule has 4 rings (SSSR count). The molecule has 6 nitrogen and oxygen atoms in total. The van der Waals surface area contributed by atoms with Gasteiger partial charge >= 0.3 is 0 Å². The summed E-state index contributed by atoms with van der Waals surface area (Å²) < 4.78 is 40.6. The maximum atomic E-state index is 13.3. The summed E-state index contributed by atoms with van der Waals surface area (Å²) in [5.74, 6) is -2.09. The molecule has 9 heteroatoms. The van der Waals surface area contributed by atoms with Crippen molar-refractivity contribution in [3.8, 4) is 0 Å². The molecule has 0 aliphatic carbocycles. The minimum Gasteiger partial charge on any atom is -0.305 e. The van der Waals surface area contributed by atoms with E-state index in [4.69, 9.17) is 0 Å². The number of aryl methyl sites for hydroxylation is 2. The van der Waals surface area contributed by atoms with E-state index in [1.54, 1.807) is 16.8 Å². The molecular weight excluding hydrogens is 445 g/mol. The second-order valence-corrected chi connectivity index (χ2v) is 7.85. The van der Waals surface area contributed by atoms with Gasteiger partial charge in [0.25, 0.3) is 18.1 Å². The van der Waals surface area contributed by atoms with Crippen molar-refractivity contribution < 1.29 is 22.8 Å². The number of carbonyl (C=O) groups excluding carboxylic acids is 2. The fourth-order valence-corrected chi connectivity index (χ4v) is 3.75. The van der Waals surface area contributed by atoms with Crippen LogP contribution in [0, 0.1) is 12.7 Å². The summed E-state index contributed by atoms with van der Waals surface area (Å²) in [6.07, 6.45) is -1.06. The maximum absolute atomic E-state index is 13.3. The van der Waals surface area contributed by atoms with Gasteiger partial charge in [0.05, 0.1) is 11.2 Å². The molecule has 34 heavy (non-hydrogen) atoms. The van der Waals surface area contributed by atoms with Gasteiger partial charge in [-0.2, -0.15) is 5.10 Å². The van der Waals surface area contributed by atoms with Gasteiger partial charge in [0.15, 0.2) is 0 Å². The predicted molar refractivity (Wildman–Crippen MR) is 121 cm³/mol. The van der Waals surface area contributed by atoms with Crippen molar-refractivity contribution in [2.45, 2.75) is 19.8 Å². The summed E-state index contributed by atoms with van der Waals surface area (Å²) in [5, 5.41) is 5.21. The van der Waals surface area contributed by atoms with Crippen molar-refractivity contribution in [2.75, 3.05) is 11.4 Å². The quantitative estimate of drug-likeness (QED) is 0.290. The summed E-state index contributed by atoms with van der Waals surface area (Å²) in [5.41, 5.74) is 2.49. The van der Waals surface area contributed by atoms with Crippen molar-refractivity contribution in [3.05, 3.63) is 89.1 Å². The number of Topliss-reactive ketones (excluding diaryl/α,β-unsaturated/α-hetero) is 1. The Morgan fingerprint density at radius 1 is 1.06 bits per heavy atom. The van der Waals surface area contributed by atoms with Crippen LogP contribution in [-0.2, 0) is 18.3 Å². The van der Waals surface area contributed by atoms with E-state index < -0.39 is 23.9 Å². The molecule has 0 atom stereocenters. The molecule has 4 aromatic rings. The normalized spacial score (nSPS) is 11.2. The van der Waals surface area contributed by atoms with E-state index in [-0.39, 0.29) is 24.2 Å². The number of hydrogen-bond acceptors (Lipinski definition) is 4. The molecule has 0 radical (unpaired) electrons. The lowest BCUT2D eigenvalue weighted by Gasteiger charge is -2.22. The Morgan fingerprint density at radius 3 is 2.44 bits per heavy atom. The van der Waals surface area contributed by atoms with E-state index in [0.29, 0.717) is 11.3 Å². The van der Waals surface area contributed by atoms with Gasteiger partial charge in [-0.15, -0.1) is 0 Å². The van der Waals surface area contributed by atoms with Gasteiger partial charge in [0.2, 0.25) is 0 Å². The molecule has 1 amide bonds. The molecule has 2 aromatic heterocycles. The van der Waals surface area contributed by atoms with Crippen LogP contribution < -0.4 is 4.90 Å². The first kappa shape index (κ1) is 23.2. The Kier molecular flexibility index (Phi) is 6.45. The first-order valence-corrected chi connectivity index (χ1v) is 10.5. The van der Waals surface area contributed by atoms with Crippen LogP contribution >= 0.6 is 0 Å². The SMILES string of the molecule is Cc1nn(C)c2ccc(N(CCc3ccc(C(F)F)nc3)C(=O)C(=O)c3ccc(F)cc3)cc12. The number of pyridine rings is 1. The van der Waals surface area contributed by atoms with Crippen LogP contribution in [0.15, 0.2) is 60.8 Å². The van der Waals surface area contributed by atoms with E-state index in [2.05, 4.69) is 10.1 Å². The number of ketones is 1. The monoisotopic (exact) mass is 466 g/mol. The number of fused-ring (bicyclic) bond motifs is 1. The van der Waals surface area contributed by atoms with Crippen molar-refractivity contribution in [1.82, 2.24) is 14.8 Å². The highest BCUT2D eigenvalue weighted by Crippen LogP contribution is 2.26. The van der Waals surface area contributed by atoms with Crippen LogP contribution in [0.5, 0.6) is 0 Å². The minimum absolute atomic E-state index is 0.0676. The lowest BCUT2D eigenvalue weighted by molar-refractivity contribution is -0.114. The van der Waals surface area contributed by atoms with Crippen LogP contribution in [0.1, 0.15) is 33.7 Å². The number of hydrogen-bond donors (Lipinski definition) is 0. The van der Waals surface area contributed by atoms with Crippen LogP contribution in [-0.4, -0.2) is 33.0 Å². The zero-order valence-electron chi connectivity index (χ0n) is 18.5. The van der Waals surface area contributed by atoms with Crippen LogP contribution in [0.4, 0.5) is 18.9 Å². The highest BCUT2D eigenvalue weighted by molar-refractivity contribution is 6.47. The zero-order chi connectivity index (χ0) is 24.4. The van der Waals surface area contributed by atoms with Gasteiger partial charge in [-0.05, 0) is 67.4 Å². The number of alkyl halides is 2. The molecule has 0 fully saturated rings. The lowest BCUT2D eigenvalue weighted by atomic mass is 10.1. The molecule has 0 saturated carbocycles. The Morgan fingerprint density at radius 2 is 1.79 bits per heavy atom. The fourth-order valence-electron chi connectivity index (χ4n) is 3.75. The number of aromatic nitrogens is 3. The molecule has 0 bridgehead atoms. The second-order valence-electron chi connectivity index (χ2n) is 7.85. The summed E-state index contributed by atoms with van der Waals surface area (Å²) in [7, 11) is 1.81. The first-order chi connectivity index (χ1) is 16.2. The molecule has 2 aromatic carbocycles. The number of carbonyl (C=O) groups is 2.